The van der Waals surface area contributed by atoms with Gasteiger partial charge >= 0.3 is 131 Å². The second-order valence-corrected chi connectivity index (χ2v) is 20.7. The van der Waals surface area contributed by atoms with E-state index in [1.165, 1.54) is 43.0 Å². The molecule has 0 aromatic rings. The van der Waals surface area contributed by atoms with Crippen LogP contribution in [0.4, 0.5) is 0 Å². The second-order valence-electron chi connectivity index (χ2n) is 5.90. The third-order valence-corrected chi connectivity index (χ3v) is 20.0. The van der Waals surface area contributed by atoms with Gasteiger partial charge in [-0.3, -0.25) is 0 Å². The topological polar surface area (TPSA) is 9.23 Å². The number of thiocarbonyl (C=S) groups is 1. The van der Waals surface area contributed by atoms with Gasteiger partial charge in [-0.25, -0.2) is 0 Å². The van der Waals surface area contributed by atoms with E-state index in [-0.39, 0.29) is 0 Å². The SMILES string of the molecule is CCC[CH2][Sn]([CH2]CCC)([CH2]CCC)[CH2]COC(C)=S. The first-order valence-corrected chi connectivity index (χ1v) is 16.7. The molecule has 0 saturated carbocycles. The molecule has 0 aliphatic rings. The number of hydrogen-bond acceptors (Lipinski definition) is 2. The summed E-state index contributed by atoms with van der Waals surface area (Å²) in [7, 11) is 0. The third-order valence-electron chi connectivity index (χ3n) is 4.12. The van der Waals surface area contributed by atoms with E-state index in [2.05, 4.69) is 20.8 Å². The van der Waals surface area contributed by atoms with E-state index >= 15 is 0 Å². The van der Waals surface area contributed by atoms with Gasteiger partial charge < -0.3 is 0 Å². The first kappa shape index (κ1) is 19.7. The Labute approximate surface area is 130 Å². The van der Waals surface area contributed by atoms with Crippen molar-refractivity contribution in [3.63, 3.8) is 0 Å². The Balaban J connectivity index is 4.51. The summed E-state index contributed by atoms with van der Waals surface area (Å²) in [4.78, 5) is 0. The molecule has 0 aromatic heterocycles. The van der Waals surface area contributed by atoms with E-state index in [1.807, 2.05) is 6.92 Å². The van der Waals surface area contributed by atoms with Crippen molar-refractivity contribution in [2.75, 3.05) is 6.61 Å². The van der Waals surface area contributed by atoms with Crippen LogP contribution in [0.5, 0.6) is 0 Å². The molecule has 0 radical (unpaired) electrons. The molecule has 0 saturated heterocycles. The molecule has 0 aliphatic heterocycles. The fraction of sp³-hybridized carbons (Fsp3) is 0.938. The van der Waals surface area contributed by atoms with E-state index in [9.17, 15) is 0 Å². The average Bonchev–Trinajstić information content (AvgIpc) is 2.39. The number of ether oxygens (including phenoxy) is 1. The summed E-state index contributed by atoms with van der Waals surface area (Å²) in [6, 6.07) is 0. The maximum atomic E-state index is 5.62. The van der Waals surface area contributed by atoms with Gasteiger partial charge in [0.2, 0.25) is 0 Å². The zero-order valence-electron chi connectivity index (χ0n) is 13.6. The summed E-state index contributed by atoms with van der Waals surface area (Å²) >= 11 is 3.11. The van der Waals surface area contributed by atoms with Crippen LogP contribution in [0.2, 0.25) is 17.7 Å². The number of hydrogen-bond donors (Lipinski definition) is 0. The molecular formula is C16H34OSSn. The van der Waals surface area contributed by atoms with Gasteiger partial charge in [0.1, 0.15) is 0 Å². The van der Waals surface area contributed by atoms with Crippen LogP contribution in [-0.2, 0) is 4.74 Å². The van der Waals surface area contributed by atoms with Crippen molar-refractivity contribution < 1.29 is 4.74 Å². The molecule has 3 heteroatoms. The van der Waals surface area contributed by atoms with E-state index in [0.717, 1.165) is 11.7 Å². The van der Waals surface area contributed by atoms with Gasteiger partial charge in [-0.2, -0.15) is 0 Å². The molecule has 114 valence electrons. The molecule has 1 nitrogen and oxygen atoms in total. The van der Waals surface area contributed by atoms with Gasteiger partial charge in [0.25, 0.3) is 0 Å². The fourth-order valence-corrected chi connectivity index (χ4v) is 18.2. The Morgan fingerprint density at radius 2 is 1.26 bits per heavy atom. The van der Waals surface area contributed by atoms with Gasteiger partial charge in [-0.15, -0.1) is 0 Å². The molecule has 0 fully saturated rings. The van der Waals surface area contributed by atoms with Crippen molar-refractivity contribution in [3.05, 3.63) is 0 Å². The third kappa shape index (κ3) is 10.1. The van der Waals surface area contributed by atoms with Gasteiger partial charge in [-0.1, -0.05) is 0 Å². The summed E-state index contributed by atoms with van der Waals surface area (Å²) in [6.07, 6.45) is 8.39. The molecule has 0 rings (SSSR count). The van der Waals surface area contributed by atoms with Crippen LogP contribution in [0, 0.1) is 0 Å². The molecule has 0 unspecified atom stereocenters. The summed E-state index contributed by atoms with van der Waals surface area (Å²) < 4.78 is 11.7. The van der Waals surface area contributed by atoms with E-state index in [4.69, 9.17) is 17.0 Å². The van der Waals surface area contributed by atoms with Gasteiger partial charge in [0.05, 0.1) is 0 Å². The molecule has 19 heavy (non-hydrogen) atoms. The fourth-order valence-electron chi connectivity index (χ4n) is 2.82. The quantitative estimate of drug-likeness (QED) is 0.288. The van der Waals surface area contributed by atoms with Gasteiger partial charge in [-0.05, 0) is 0 Å². The number of rotatable bonds is 12. The van der Waals surface area contributed by atoms with Crippen molar-refractivity contribution in [2.24, 2.45) is 0 Å². The van der Waals surface area contributed by atoms with Gasteiger partial charge in [0, 0.05) is 0 Å². The normalized spacial score (nSPS) is 11.6. The standard InChI is InChI=1S/C4H7OS.3C4H9.Sn/c1-3-5-4(2)6;3*1-3-4-2;/h1,3H2,2H3;3*1,3-4H2,2H3;. The number of unbranched alkanes of at least 4 members (excludes halogenated alkanes) is 3. The van der Waals surface area contributed by atoms with E-state index < -0.39 is 18.4 Å². The van der Waals surface area contributed by atoms with Crippen LogP contribution in [0.15, 0.2) is 0 Å². The predicted octanol–water partition coefficient (Wildman–Crippen LogP) is 6.20. The van der Waals surface area contributed by atoms with Crippen LogP contribution in [0.1, 0.15) is 66.2 Å². The molecule has 0 bridgehead atoms. The van der Waals surface area contributed by atoms with Crippen molar-refractivity contribution in [1.82, 2.24) is 0 Å². The predicted molar refractivity (Wildman–Crippen MR) is 93.9 cm³/mol. The van der Waals surface area contributed by atoms with Crippen LogP contribution in [0.25, 0.3) is 0 Å². The van der Waals surface area contributed by atoms with Crippen LogP contribution < -0.4 is 0 Å². The van der Waals surface area contributed by atoms with Crippen molar-refractivity contribution in [2.45, 2.75) is 84.0 Å². The molecule has 0 heterocycles. The maximum absolute atomic E-state index is 5.62. The Hall–Kier alpha value is 0.689. The summed E-state index contributed by atoms with van der Waals surface area (Å²) in [5.74, 6) is 0. The average molecular weight is 393 g/mol. The van der Waals surface area contributed by atoms with Crippen LogP contribution >= 0.6 is 12.2 Å². The summed E-state index contributed by atoms with van der Waals surface area (Å²) in [5, 5.41) is 0.724. The molecule has 0 spiro atoms. The van der Waals surface area contributed by atoms with Crippen molar-refractivity contribution >= 4 is 35.6 Å². The molecule has 0 aromatic carbocycles. The molecule has 0 atom stereocenters. The summed E-state index contributed by atoms with van der Waals surface area (Å²) in [6.45, 7) is 9.79. The molecule has 0 amide bonds. The van der Waals surface area contributed by atoms with E-state index in [0.29, 0.717) is 0 Å². The second kappa shape index (κ2) is 12.4. The molecule has 0 N–H and O–H groups in total. The Morgan fingerprint density at radius 3 is 1.58 bits per heavy atom. The van der Waals surface area contributed by atoms with Crippen molar-refractivity contribution in [3.8, 4) is 0 Å². The minimum atomic E-state index is -1.94. The van der Waals surface area contributed by atoms with Crippen LogP contribution in [0.3, 0.4) is 0 Å². The Kier molecular flexibility index (Phi) is 12.9. The molecule has 0 aliphatic carbocycles. The molecular weight excluding hydrogens is 359 g/mol. The Bertz CT molecular complexity index is 209. The first-order valence-electron chi connectivity index (χ1n) is 8.23. The van der Waals surface area contributed by atoms with Gasteiger partial charge in [0.15, 0.2) is 0 Å². The zero-order valence-corrected chi connectivity index (χ0v) is 17.3. The monoisotopic (exact) mass is 394 g/mol. The minimum absolute atomic E-state index is 0.724. The first-order chi connectivity index (χ1) is 9.10. The Morgan fingerprint density at radius 1 is 0.842 bits per heavy atom. The zero-order chi connectivity index (χ0) is 14.6. The van der Waals surface area contributed by atoms with Crippen LogP contribution in [-0.4, -0.2) is 30.0 Å². The van der Waals surface area contributed by atoms with Crippen molar-refractivity contribution in [1.29, 1.82) is 0 Å². The van der Waals surface area contributed by atoms with E-state index in [1.54, 1.807) is 13.3 Å². The summed E-state index contributed by atoms with van der Waals surface area (Å²) in [5.41, 5.74) is 0.